The number of rotatable bonds is 7. The lowest BCUT2D eigenvalue weighted by Gasteiger charge is -2.35. The lowest BCUT2D eigenvalue weighted by atomic mass is 9.94. The molecule has 0 spiro atoms. The minimum Gasteiger partial charge on any atom is -0.306 e. The van der Waals surface area contributed by atoms with Crippen LogP contribution < -0.4 is 5.69 Å². The number of imidazole rings is 1. The summed E-state index contributed by atoms with van der Waals surface area (Å²) in [5.41, 5.74) is 8.66. The SMILES string of the molecule is Cc1ccc(C)c(-c2ccccc2CN2CCN(CCCn3c(=O)[nH]c4ccccc43)CC2)c1. The second kappa shape index (κ2) is 10.00. The Balaban J connectivity index is 1.16. The highest BCUT2D eigenvalue weighted by atomic mass is 16.1. The van der Waals surface area contributed by atoms with Crippen molar-refractivity contribution in [2.24, 2.45) is 0 Å². The third kappa shape index (κ3) is 4.86. The number of piperazine rings is 1. The van der Waals surface area contributed by atoms with E-state index in [4.69, 9.17) is 0 Å². The number of benzene rings is 3. The molecule has 2 heterocycles. The molecule has 0 radical (unpaired) electrons. The van der Waals surface area contributed by atoms with Gasteiger partial charge in [-0.2, -0.15) is 0 Å². The van der Waals surface area contributed by atoms with E-state index in [1.807, 2.05) is 28.8 Å². The molecule has 0 aliphatic carbocycles. The van der Waals surface area contributed by atoms with E-state index in [1.165, 1.54) is 27.8 Å². The summed E-state index contributed by atoms with van der Waals surface area (Å²) in [5.74, 6) is 0. The van der Waals surface area contributed by atoms with Gasteiger partial charge in [0.05, 0.1) is 11.0 Å². The molecule has 1 aliphatic rings. The van der Waals surface area contributed by atoms with Crippen LogP contribution in [0.3, 0.4) is 0 Å². The van der Waals surface area contributed by atoms with Crippen molar-refractivity contribution >= 4 is 11.0 Å². The summed E-state index contributed by atoms with van der Waals surface area (Å²) in [6.45, 7) is 11.5. The van der Waals surface area contributed by atoms with Crippen molar-refractivity contribution in [2.75, 3.05) is 32.7 Å². The first-order valence-corrected chi connectivity index (χ1v) is 12.4. The Morgan fingerprint density at radius 1 is 0.794 bits per heavy atom. The molecule has 5 nitrogen and oxygen atoms in total. The number of hydrogen-bond acceptors (Lipinski definition) is 3. The molecule has 1 N–H and O–H groups in total. The third-order valence-corrected chi connectivity index (χ3v) is 7.10. The fraction of sp³-hybridized carbons (Fsp3) is 0.345. The summed E-state index contributed by atoms with van der Waals surface area (Å²) in [6, 6.07) is 23.5. The maximum Gasteiger partial charge on any atom is 0.326 e. The number of nitrogens with one attached hydrogen (secondary N) is 1. The first kappa shape index (κ1) is 22.6. The predicted octanol–water partition coefficient (Wildman–Crippen LogP) is 4.82. The van der Waals surface area contributed by atoms with Crippen molar-refractivity contribution in [3.8, 4) is 11.1 Å². The molecular weight excluding hydrogens is 420 g/mol. The smallest absolute Gasteiger partial charge is 0.306 e. The molecule has 5 rings (SSSR count). The van der Waals surface area contributed by atoms with Crippen molar-refractivity contribution in [3.63, 3.8) is 0 Å². The predicted molar refractivity (Wildman–Crippen MR) is 140 cm³/mol. The first-order valence-electron chi connectivity index (χ1n) is 12.4. The highest BCUT2D eigenvalue weighted by Gasteiger charge is 2.18. The molecule has 4 aromatic rings. The standard InChI is InChI=1S/C29H34N4O/c1-22-12-13-23(2)26(20-22)25-9-4-3-8-24(25)21-32-18-16-31(17-19-32)14-7-15-33-28-11-6-5-10-27(28)30-29(33)34/h3-6,8-13,20H,7,14-19,21H2,1-2H3,(H,30,34). The fourth-order valence-electron chi connectivity index (χ4n) is 5.14. The number of hydrogen-bond donors (Lipinski definition) is 1. The van der Waals surface area contributed by atoms with E-state index in [2.05, 4.69) is 71.1 Å². The molecule has 1 saturated heterocycles. The van der Waals surface area contributed by atoms with Gasteiger partial charge in [-0.3, -0.25) is 9.47 Å². The van der Waals surface area contributed by atoms with Crippen LogP contribution in [0.4, 0.5) is 0 Å². The van der Waals surface area contributed by atoms with E-state index in [1.54, 1.807) is 0 Å². The minimum atomic E-state index is -0.00599. The summed E-state index contributed by atoms with van der Waals surface area (Å²) in [7, 11) is 0. The van der Waals surface area contributed by atoms with Crippen LogP contribution >= 0.6 is 0 Å². The Bertz CT molecular complexity index is 1330. The topological polar surface area (TPSA) is 44.3 Å². The Kier molecular flexibility index (Phi) is 6.66. The van der Waals surface area contributed by atoms with Gasteiger partial charge in [0.25, 0.3) is 0 Å². The van der Waals surface area contributed by atoms with Crippen LogP contribution in [0, 0.1) is 13.8 Å². The van der Waals surface area contributed by atoms with Gasteiger partial charge in [-0.25, -0.2) is 4.79 Å². The molecule has 34 heavy (non-hydrogen) atoms. The van der Waals surface area contributed by atoms with Gasteiger partial charge >= 0.3 is 5.69 Å². The first-order chi connectivity index (χ1) is 16.6. The molecule has 1 aromatic heterocycles. The van der Waals surface area contributed by atoms with Crippen molar-refractivity contribution in [3.05, 3.63) is 93.9 Å². The van der Waals surface area contributed by atoms with E-state index in [0.29, 0.717) is 0 Å². The molecule has 3 aromatic carbocycles. The number of fused-ring (bicyclic) bond motifs is 1. The van der Waals surface area contributed by atoms with E-state index in [0.717, 1.165) is 63.3 Å². The van der Waals surface area contributed by atoms with E-state index in [-0.39, 0.29) is 5.69 Å². The Morgan fingerprint density at radius 3 is 2.38 bits per heavy atom. The minimum absolute atomic E-state index is 0.00599. The Morgan fingerprint density at radius 2 is 1.53 bits per heavy atom. The van der Waals surface area contributed by atoms with Crippen LogP contribution in [-0.2, 0) is 13.1 Å². The lowest BCUT2D eigenvalue weighted by molar-refractivity contribution is 0.125. The van der Waals surface area contributed by atoms with E-state index >= 15 is 0 Å². The van der Waals surface area contributed by atoms with Crippen LogP contribution in [0.1, 0.15) is 23.1 Å². The van der Waals surface area contributed by atoms with Crippen molar-refractivity contribution in [1.29, 1.82) is 0 Å². The van der Waals surface area contributed by atoms with Crippen molar-refractivity contribution in [1.82, 2.24) is 19.4 Å². The quantitative estimate of drug-likeness (QED) is 0.435. The average Bonchev–Trinajstić information content (AvgIpc) is 3.17. The van der Waals surface area contributed by atoms with Crippen LogP contribution in [0.5, 0.6) is 0 Å². The molecule has 0 atom stereocenters. The average molecular weight is 455 g/mol. The summed E-state index contributed by atoms with van der Waals surface area (Å²) < 4.78 is 1.87. The second-order valence-electron chi connectivity index (χ2n) is 9.55. The molecule has 176 valence electrons. The van der Waals surface area contributed by atoms with Gasteiger partial charge in [-0.1, -0.05) is 60.2 Å². The number of aromatic nitrogens is 2. The lowest BCUT2D eigenvalue weighted by Crippen LogP contribution is -2.46. The molecule has 0 amide bonds. The van der Waals surface area contributed by atoms with Gasteiger partial charge in [-0.05, 0) is 61.2 Å². The summed E-state index contributed by atoms with van der Waals surface area (Å²) >= 11 is 0. The third-order valence-electron chi connectivity index (χ3n) is 7.10. The molecule has 0 saturated carbocycles. The molecule has 1 fully saturated rings. The van der Waals surface area contributed by atoms with Gasteiger partial charge in [0, 0.05) is 39.3 Å². The van der Waals surface area contributed by atoms with Crippen molar-refractivity contribution in [2.45, 2.75) is 33.4 Å². The maximum atomic E-state index is 12.3. The monoisotopic (exact) mass is 454 g/mol. The summed E-state index contributed by atoms with van der Waals surface area (Å²) in [4.78, 5) is 20.4. The number of aryl methyl sites for hydroxylation is 3. The molecule has 1 aliphatic heterocycles. The zero-order valence-corrected chi connectivity index (χ0v) is 20.3. The van der Waals surface area contributed by atoms with Crippen LogP contribution in [0.25, 0.3) is 22.2 Å². The van der Waals surface area contributed by atoms with E-state index < -0.39 is 0 Å². The summed E-state index contributed by atoms with van der Waals surface area (Å²) in [5, 5.41) is 0. The summed E-state index contributed by atoms with van der Waals surface area (Å²) in [6.07, 6.45) is 0.983. The highest BCUT2D eigenvalue weighted by molar-refractivity contribution is 5.75. The van der Waals surface area contributed by atoms with Crippen LogP contribution in [0.2, 0.25) is 0 Å². The molecule has 0 unspecified atom stereocenters. The highest BCUT2D eigenvalue weighted by Crippen LogP contribution is 2.29. The zero-order valence-electron chi connectivity index (χ0n) is 20.3. The maximum absolute atomic E-state index is 12.3. The van der Waals surface area contributed by atoms with Gasteiger partial charge < -0.3 is 9.88 Å². The molecule has 0 bridgehead atoms. The molecule has 5 heteroatoms. The fourth-order valence-corrected chi connectivity index (χ4v) is 5.14. The normalized spacial score (nSPS) is 15.2. The zero-order chi connectivity index (χ0) is 23.5. The van der Waals surface area contributed by atoms with Gasteiger partial charge in [0.1, 0.15) is 0 Å². The Hall–Kier alpha value is -3.15. The van der Waals surface area contributed by atoms with Crippen LogP contribution in [0.15, 0.2) is 71.5 Å². The van der Waals surface area contributed by atoms with Gasteiger partial charge in [0.2, 0.25) is 0 Å². The van der Waals surface area contributed by atoms with Gasteiger partial charge in [-0.15, -0.1) is 0 Å². The van der Waals surface area contributed by atoms with E-state index in [9.17, 15) is 4.79 Å². The van der Waals surface area contributed by atoms with Crippen LogP contribution in [-0.4, -0.2) is 52.1 Å². The van der Waals surface area contributed by atoms with Gasteiger partial charge in [0.15, 0.2) is 0 Å². The second-order valence-corrected chi connectivity index (χ2v) is 9.55. The number of nitrogens with zero attached hydrogens (tertiary/aromatic N) is 3. The van der Waals surface area contributed by atoms with Crippen molar-refractivity contribution < 1.29 is 0 Å². The molecular formula is C29H34N4O. The largest absolute Gasteiger partial charge is 0.326 e. The number of aromatic amines is 1. The Labute approximate surface area is 201 Å². The number of para-hydroxylation sites is 2. The number of H-pyrrole nitrogens is 1.